The van der Waals surface area contributed by atoms with Gasteiger partial charge in [-0.2, -0.15) is 0 Å². The zero-order valence-electron chi connectivity index (χ0n) is 17.7. The largest absolute Gasteiger partial charge is 0.395 e. The molecule has 3 heteroatoms. The van der Waals surface area contributed by atoms with Gasteiger partial charge in [-0.3, -0.25) is 4.90 Å². The molecule has 0 bridgehead atoms. The molecule has 3 nitrogen and oxygen atoms in total. The fourth-order valence-corrected chi connectivity index (χ4v) is 4.13. The van der Waals surface area contributed by atoms with Crippen LogP contribution in [0.25, 0.3) is 0 Å². The fourth-order valence-electron chi connectivity index (χ4n) is 4.13. The molecule has 2 aromatic rings. The second-order valence-electron chi connectivity index (χ2n) is 8.21. The van der Waals surface area contributed by atoms with Crippen molar-refractivity contribution in [3.8, 4) is 11.8 Å². The molecule has 1 unspecified atom stereocenters. The highest BCUT2D eigenvalue weighted by molar-refractivity contribution is 5.36. The normalized spacial score (nSPS) is 17.1. The van der Waals surface area contributed by atoms with Crippen LogP contribution < -0.4 is 0 Å². The van der Waals surface area contributed by atoms with Crippen LogP contribution in [0.3, 0.4) is 0 Å². The molecule has 3 rings (SSSR count). The van der Waals surface area contributed by atoms with Gasteiger partial charge < -0.3 is 10.0 Å². The van der Waals surface area contributed by atoms with Crippen LogP contribution in [0.1, 0.15) is 36.0 Å². The van der Waals surface area contributed by atoms with Gasteiger partial charge in [-0.05, 0) is 62.0 Å². The summed E-state index contributed by atoms with van der Waals surface area (Å²) in [7, 11) is 2.25. The van der Waals surface area contributed by atoms with Gasteiger partial charge in [-0.15, -0.1) is 0 Å². The zero-order valence-corrected chi connectivity index (χ0v) is 17.7. The van der Waals surface area contributed by atoms with E-state index in [-0.39, 0.29) is 6.61 Å². The van der Waals surface area contributed by atoms with Crippen LogP contribution >= 0.6 is 0 Å². The van der Waals surface area contributed by atoms with E-state index < -0.39 is 0 Å². The number of aliphatic hydroxyl groups excluding tert-OH is 1. The Morgan fingerprint density at radius 2 is 1.86 bits per heavy atom. The second-order valence-corrected chi connectivity index (χ2v) is 8.21. The van der Waals surface area contributed by atoms with Crippen molar-refractivity contribution in [3.05, 3.63) is 71.3 Å². The molecule has 1 atom stereocenters. The number of rotatable bonds is 8. The third kappa shape index (κ3) is 7.66. The predicted octanol–water partition coefficient (Wildman–Crippen LogP) is 3.81. The Kier molecular flexibility index (Phi) is 8.77. The standard InChI is InChI=1S/C26H34N2O/c1-27-17-7-11-26(20-27)22-28(18-16-23-8-3-2-4-9-23)21-25-14-12-24(13-15-25)10-5-6-19-29/h2-4,8-9,12-15,26,29H,6-7,11,16-22H2,1H3. The van der Waals surface area contributed by atoms with Gasteiger partial charge in [0.1, 0.15) is 0 Å². The highest BCUT2D eigenvalue weighted by Gasteiger charge is 2.20. The topological polar surface area (TPSA) is 26.7 Å². The third-order valence-electron chi connectivity index (χ3n) is 5.63. The maximum absolute atomic E-state index is 8.86. The summed E-state index contributed by atoms with van der Waals surface area (Å²) in [6.45, 7) is 5.80. The van der Waals surface area contributed by atoms with E-state index in [1.165, 1.54) is 37.1 Å². The van der Waals surface area contributed by atoms with Crippen molar-refractivity contribution in [2.24, 2.45) is 5.92 Å². The smallest absolute Gasteiger partial charge is 0.0540 e. The molecule has 0 radical (unpaired) electrons. The van der Waals surface area contributed by atoms with Crippen LogP contribution in [-0.2, 0) is 13.0 Å². The first kappa shape index (κ1) is 21.6. The van der Waals surface area contributed by atoms with Crippen molar-refractivity contribution in [1.82, 2.24) is 9.80 Å². The van der Waals surface area contributed by atoms with Crippen LogP contribution in [0.4, 0.5) is 0 Å². The van der Waals surface area contributed by atoms with E-state index in [9.17, 15) is 0 Å². The van der Waals surface area contributed by atoms with Gasteiger partial charge in [-0.1, -0.05) is 54.3 Å². The Labute approximate surface area is 176 Å². The van der Waals surface area contributed by atoms with Gasteiger partial charge in [0.25, 0.3) is 0 Å². The van der Waals surface area contributed by atoms with Gasteiger partial charge in [0.15, 0.2) is 0 Å². The minimum Gasteiger partial charge on any atom is -0.395 e. The van der Waals surface area contributed by atoms with Crippen molar-refractivity contribution in [1.29, 1.82) is 0 Å². The summed E-state index contributed by atoms with van der Waals surface area (Å²) in [4.78, 5) is 5.10. The Bertz CT molecular complexity index is 776. The summed E-state index contributed by atoms with van der Waals surface area (Å²) in [6, 6.07) is 19.4. The Balaban J connectivity index is 1.62. The summed E-state index contributed by atoms with van der Waals surface area (Å²) in [5, 5.41) is 8.86. The average molecular weight is 391 g/mol. The number of nitrogens with zero attached hydrogens (tertiary/aromatic N) is 2. The maximum atomic E-state index is 8.86. The van der Waals surface area contributed by atoms with Crippen molar-refractivity contribution in [3.63, 3.8) is 0 Å². The first-order valence-corrected chi connectivity index (χ1v) is 10.9. The summed E-state index contributed by atoms with van der Waals surface area (Å²) >= 11 is 0. The molecule has 1 N–H and O–H groups in total. The molecular formula is C26H34N2O. The van der Waals surface area contributed by atoms with Crippen LogP contribution in [0.15, 0.2) is 54.6 Å². The summed E-state index contributed by atoms with van der Waals surface area (Å²) in [6.07, 6.45) is 4.28. The lowest BCUT2D eigenvalue weighted by atomic mass is 9.97. The number of hydrogen-bond donors (Lipinski definition) is 1. The van der Waals surface area contributed by atoms with Gasteiger partial charge in [0.2, 0.25) is 0 Å². The molecule has 0 amide bonds. The van der Waals surface area contributed by atoms with Crippen molar-refractivity contribution in [2.45, 2.75) is 32.2 Å². The van der Waals surface area contributed by atoms with E-state index >= 15 is 0 Å². The zero-order chi connectivity index (χ0) is 20.3. The van der Waals surface area contributed by atoms with E-state index in [0.717, 1.165) is 37.5 Å². The van der Waals surface area contributed by atoms with Gasteiger partial charge in [-0.25, -0.2) is 0 Å². The molecule has 0 aromatic heterocycles. The molecule has 1 heterocycles. The van der Waals surface area contributed by atoms with Gasteiger partial charge in [0, 0.05) is 38.2 Å². The Morgan fingerprint density at radius 1 is 1.07 bits per heavy atom. The first-order valence-electron chi connectivity index (χ1n) is 10.9. The van der Waals surface area contributed by atoms with Crippen LogP contribution in [0.5, 0.6) is 0 Å². The quantitative estimate of drug-likeness (QED) is 0.695. The van der Waals surface area contributed by atoms with Crippen molar-refractivity contribution >= 4 is 0 Å². The molecule has 1 aliphatic rings. The SMILES string of the molecule is CN1CCCC(CN(CCc2ccccc2)Cc2ccc(C#CCCO)cc2)C1. The first-order chi connectivity index (χ1) is 14.2. The van der Waals surface area contributed by atoms with E-state index in [1.54, 1.807) is 0 Å². The number of likely N-dealkylation sites (tertiary alicyclic amines) is 1. The molecule has 0 saturated carbocycles. The van der Waals surface area contributed by atoms with E-state index in [2.05, 4.69) is 83.3 Å². The van der Waals surface area contributed by atoms with Crippen LogP contribution in [0.2, 0.25) is 0 Å². The predicted molar refractivity (Wildman–Crippen MR) is 121 cm³/mol. The maximum Gasteiger partial charge on any atom is 0.0540 e. The Morgan fingerprint density at radius 3 is 2.59 bits per heavy atom. The lowest BCUT2D eigenvalue weighted by Gasteiger charge is -2.34. The monoisotopic (exact) mass is 390 g/mol. The molecule has 0 spiro atoms. The summed E-state index contributed by atoms with van der Waals surface area (Å²) < 4.78 is 0. The molecule has 1 saturated heterocycles. The molecule has 2 aromatic carbocycles. The van der Waals surface area contributed by atoms with Gasteiger partial charge >= 0.3 is 0 Å². The fraction of sp³-hybridized carbons (Fsp3) is 0.462. The number of aliphatic hydroxyl groups is 1. The lowest BCUT2D eigenvalue weighted by Crippen LogP contribution is -2.39. The van der Waals surface area contributed by atoms with Crippen molar-refractivity contribution in [2.75, 3.05) is 39.8 Å². The number of benzene rings is 2. The van der Waals surface area contributed by atoms with E-state index in [1.807, 2.05) is 0 Å². The summed E-state index contributed by atoms with van der Waals surface area (Å²) in [5.41, 5.74) is 3.77. The van der Waals surface area contributed by atoms with Crippen LogP contribution in [0, 0.1) is 17.8 Å². The minimum absolute atomic E-state index is 0.123. The van der Waals surface area contributed by atoms with E-state index in [0.29, 0.717) is 6.42 Å². The number of piperidine rings is 1. The minimum atomic E-state index is 0.123. The van der Waals surface area contributed by atoms with E-state index in [4.69, 9.17) is 5.11 Å². The van der Waals surface area contributed by atoms with Crippen molar-refractivity contribution < 1.29 is 5.11 Å². The lowest BCUT2D eigenvalue weighted by molar-refractivity contribution is 0.148. The molecule has 29 heavy (non-hydrogen) atoms. The van der Waals surface area contributed by atoms with Gasteiger partial charge in [0.05, 0.1) is 6.61 Å². The third-order valence-corrected chi connectivity index (χ3v) is 5.63. The average Bonchev–Trinajstić information content (AvgIpc) is 2.74. The second kappa shape index (κ2) is 11.8. The molecule has 154 valence electrons. The summed E-state index contributed by atoms with van der Waals surface area (Å²) in [5.74, 6) is 6.87. The van der Waals surface area contributed by atoms with Crippen LogP contribution in [-0.4, -0.2) is 54.7 Å². The molecule has 1 aliphatic heterocycles. The Hall–Kier alpha value is -2.12. The molecule has 1 fully saturated rings. The highest BCUT2D eigenvalue weighted by atomic mass is 16.2. The molecule has 0 aliphatic carbocycles. The highest BCUT2D eigenvalue weighted by Crippen LogP contribution is 2.18. The number of hydrogen-bond acceptors (Lipinski definition) is 3. The molecular weight excluding hydrogens is 356 g/mol.